The molecule has 2 heterocycles. The average molecular weight is 522 g/mol. The van der Waals surface area contributed by atoms with Crippen LogP contribution in [-0.4, -0.2) is 27.7 Å². The van der Waals surface area contributed by atoms with E-state index in [0.29, 0.717) is 22.5 Å². The zero-order valence-electron chi connectivity index (χ0n) is 21.5. The smallest absolute Gasteiger partial charge is 0.408 e. The van der Waals surface area contributed by atoms with Gasteiger partial charge in [0.05, 0.1) is 12.1 Å². The number of halogens is 2. The molecule has 2 aromatic carbocycles. The molecule has 198 valence electrons. The second-order valence-corrected chi connectivity index (χ2v) is 10.6. The molecule has 1 fully saturated rings. The fourth-order valence-electron chi connectivity index (χ4n) is 4.84. The minimum absolute atomic E-state index is 0.0838. The van der Waals surface area contributed by atoms with Crippen molar-refractivity contribution in [3.63, 3.8) is 0 Å². The summed E-state index contributed by atoms with van der Waals surface area (Å²) in [5.41, 5.74) is 1.22. The molecule has 0 atom stereocenters. The second-order valence-electron chi connectivity index (χ2n) is 10.6. The van der Waals surface area contributed by atoms with E-state index in [1.54, 1.807) is 0 Å². The maximum atomic E-state index is 13.2. The Labute approximate surface area is 218 Å². The average Bonchev–Trinajstić information content (AvgIpc) is 3.23. The van der Waals surface area contributed by atoms with E-state index in [2.05, 4.69) is 10.3 Å². The van der Waals surface area contributed by atoms with Crippen LogP contribution in [0.4, 0.5) is 13.6 Å². The van der Waals surface area contributed by atoms with Crippen molar-refractivity contribution in [1.82, 2.24) is 14.9 Å². The Hall–Kier alpha value is -4.01. The van der Waals surface area contributed by atoms with Crippen LogP contribution in [0.3, 0.4) is 0 Å². The first kappa shape index (κ1) is 25.6. The summed E-state index contributed by atoms with van der Waals surface area (Å²) in [6.07, 6.45) is 0.494. The van der Waals surface area contributed by atoms with E-state index >= 15 is 0 Å². The maximum Gasteiger partial charge on any atom is 0.408 e. The van der Waals surface area contributed by atoms with Crippen LogP contribution in [0.25, 0.3) is 33.6 Å². The molecule has 5 rings (SSSR count). The molecule has 1 amide bonds. The lowest BCUT2D eigenvalue weighted by Gasteiger charge is -2.43. The van der Waals surface area contributed by atoms with Gasteiger partial charge in [0.15, 0.2) is 0 Å². The van der Waals surface area contributed by atoms with Crippen molar-refractivity contribution in [2.24, 2.45) is 0 Å². The van der Waals surface area contributed by atoms with Gasteiger partial charge in [-0.25, -0.2) is 18.6 Å². The van der Waals surface area contributed by atoms with Crippen molar-refractivity contribution in [3.05, 3.63) is 76.8 Å². The number of hydrogen-bond donors (Lipinski definition) is 1. The summed E-state index contributed by atoms with van der Waals surface area (Å²) >= 11 is 0. The monoisotopic (exact) mass is 521 g/mol. The molecule has 7 nitrogen and oxygen atoms in total. The zero-order chi connectivity index (χ0) is 27.1. The quantitative estimate of drug-likeness (QED) is 0.313. The largest absolute Gasteiger partial charge is 0.444 e. The Morgan fingerprint density at radius 3 is 2.37 bits per heavy atom. The number of aromatic nitrogens is 2. The topological polar surface area (TPSA) is 86.4 Å². The highest BCUT2D eigenvalue weighted by Crippen LogP contribution is 2.43. The minimum Gasteiger partial charge on any atom is -0.444 e. The number of ether oxygens (including phenoxy) is 1. The van der Waals surface area contributed by atoms with Crippen molar-refractivity contribution in [2.75, 3.05) is 0 Å². The molecule has 1 aliphatic rings. The van der Waals surface area contributed by atoms with Gasteiger partial charge in [-0.2, -0.15) is 0 Å². The number of nitrogens with zero attached hydrogens (tertiary/aromatic N) is 2. The lowest BCUT2D eigenvalue weighted by atomic mass is 9.71. The third kappa shape index (κ3) is 4.92. The number of carbonyl (C=O) groups is 1. The van der Waals surface area contributed by atoms with E-state index in [4.69, 9.17) is 9.15 Å². The molecule has 0 saturated heterocycles. The molecule has 9 heteroatoms. The van der Waals surface area contributed by atoms with Crippen molar-refractivity contribution >= 4 is 17.2 Å². The summed E-state index contributed by atoms with van der Waals surface area (Å²) in [7, 11) is 0. The number of fused-ring (bicyclic) bond motifs is 1. The predicted molar refractivity (Wildman–Crippen MR) is 140 cm³/mol. The van der Waals surface area contributed by atoms with E-state index < -0.39 is 35.8 Å². The summed E-state index contributed by atoms with van der Waals surface area (Å²) in [5.74, 6) is 0.417. The SMILES string of the molecule is CC(C)(C)OC(=O)NC1(c2ccc(-c3oc4ncn(CC(F)F)c(=O)c4c3-c3ccccc3)cc2)CCC1. The number of alkyl carbamates (subject to hydrolysis) is 1. The van der Waals surface area contributed by atoms with E-state index in [1.807, 2.05) is 75.4 Å². The molecule has 0 aliphatic heterocycles. The number of hydrogen-bond acceptors (Lipinski definition) is 5. The van der Waals surface area contributed by atoms with Gasteiger partial charge in [-0.1, -0.05) is 54.6 Å². The van der Waals surface area contributed by atoms with Crippen LogP contribution >= 0.6 is 0 Å². The summed E-state index contributed by atoms with van der Waals surface area (Å²) in [4.78, 5) is 29.9. The highest BCUT2D eigenvalue weighted by molar-refractivity contribution is 5.99. The number of carbonyl (C=O) groups excluding carboxylic acids is 1. The Balaban J connectivity index is 1.56. The molecular weight excluding hydrogens is 492 g/mol. The molecule has 4 aromatic rings. The van der Waals surface area contributed by atoms with Gasteiger partial charge < -0.3 is 14.5 Å². The summed E-state index contributed by atoms with van der Waals surface area (Å²) in [6, 6.07) is 16.8. The highest BCUT2D eigenvalue weighted by Gasteiger charge is 2.41. The van der Waals surface area contributed by atoms with Gasteiger partial charge in [0.25, 0.3) is 12.0 Å². The van der Waals surface area contributed by atoms with Crippen LogP contribution < -0.4 is 10.9 Å². The van der Waals surface area contributed by atoms with Crippen molar-refractivity contribution in [2.45, 2.75) is 64.1 Å². The fourth-order valence-corrected chi connectivity index (χ4v) is 4.84. The Morgan fingerprint density at radius 1 is 1.11 bits per heavy atom. The van der Waals surface area contributed by atoms with Gasteiger partial charge in [-0.15, -0.1) is 0 Å². The molecule has 1 aliphatic carbocycles. The van der Waals surface area contributed by atoms with Crippen molar-refractivity contribution < 1.29 is 22.7 Å². The first-order valence-corrected chi connectivity index (χ1v) is 12.5. The minimum atomic E-state index is -2.70. The van der Waals surface area contributed by atoms with Crippen LogP contribution in [0.2, 0.25) is 0 Å². The van der Waals surface area contributed by atoms with Crippen LogP contribution in [0.1, 0.15) is 45.6 Å². The van der Waals surface area contributed by atoms with Gasteiger partial charge in [0.2, 0.25) is 5.71 Å². The molecule has 0 unspecified atom stereocenters. The third-order valence-corrected chi connectivity index (χ3v) is 6.72. The highest BCUT2D eigenvalue weighted by atomic mass is 19.3. The summed E-state index contributed by atoms with van der Waals surface area (Å²) < 4.78 is 38.6. The van der Waals surface area contributed by atoms with Crippen LogP contribution in [0, 0.1) is 0 Å². The maximum absolute atomic E-state index is 13.2. The predicted octanol–water partition coefficient (Wildman–Crippen LogP) is 6.49. The molecule has 2 aromatic heterocycles. The zero-order valence-corrected chi connectivity index (χ0v) is 21.5. The first-order valence-electron chi connectivity index (χ1n) is 12.5. The van der Waals surface area contributed by atoms with Crippen LogP contribution in [-0.2, 0) is 16.8 Å². The number of nitrogens with one attached hydrogen (secondary N) is 1. The van der Waals surface area contributed by atoms with Crippen LogP contribution in [0.5, 0.6) is 0 Å². The van der Waals surface area contributed by atoms with Crippen molar-refractivity contribution in [1.29, 1.82) is 0 Å². The van der Waals surface area contributed by atoms with E-state index in [1.165, 1.54) is 0 Å². The molecule has 38 heavy (non-hydrogen) atoms. The molecule has 0 spiro atoms. The van der Waals surface area contributed by atoms with Crippen molar-refractivity contribution in [3.8, 4) is 22.5 Å². The summed E-state index contributed by atoms with van der Waals surface area (Å²) in [5, 5.41) is 3.20. The van der Waals surface area contributed by atoms with E-state index in [9.17, 15) is 18.4 Å². The standard InChI is InChI=1S/C29H29F2N3O4/c1-28(2,3)38-27(36)33-29(14-7-15-29)20-12-10-19(11-13-20)24-22(18-8-5-4-6-9-18)23-25(37-24)32-17-34(26(23)35)16-21(30)31/h4-6,8-13,17,21H,7,14-16H2,1-3H3,(H,33,36). The van der Waals surface area contributed by atoms with Gasteiger partial charge in [-0.05, 0) is 51.2 Å². The molecule has 1 N–H and O–H groups in total. The van der Waals surface area contributed by atoms with Gasteiger partial charge in [0.1, 0.15) is 23.1 Å². The normalized spacial score (nSPS) is 14.9. The number of furan rings is 1. The number of amides is 1. The molecule has 1 saturated carbocycles. The Kier molecular flexibility index (Phi) is 6.54. The van der Waals surface area contributed by atoms with Gasteiger partial charge in [-0.3, -0.25) is 9.36 Å². The Bertz CT molecular complexity index is 1520. The van der Waals surface area contributed by atoms with Crippen LogP contribution in [0.15, 0.2) is 70.1 Å². The lowest BCUT2D eigenvalue weighted by molar-refractivity contribution is 0.0377. The van der Waals surface area contributed by atoms with E-state index in [-0.39, 0.29) is 11.1 Å². The fraction of sp³-hybridized carbons (Fsp3) is 0.345. The molecular formula is C29H29F2N3O4. The number of alkyl halides is 2. The Morgan fingerprint density at radius 2 is 1.79 bits per heavy atom. The second kappa shape index (κ2) is 9.70. The number of benzene rings is 2. The lowest BCUT2D eigenvalue weighted by Crippen LogP contribution is -2.52. The number of rotatable bonds is 6. The van der Waals surface area contributed by atoms with E-state index in [0.717, 1.165) is 35.7 Å². The van der Waals surface area contributed by atoms with Gasteiger partial charge >= 0.3 is 6.09 Å². The molecule has 0 radical (unpaired) electrons. The molecule has 0 bridgehead atoms. The summed E-state index contributed by atoms with van der Waals surface area (Å²) in [6.45, 7) is 4.72. The first-order chi connectivity index (χ1) is 18.1. The van der Waals surface area contributed by atoms with Gasteiger partial charge in [0, 0.05) is 11.1 Å². The third-order valence-electron chi connectivity index (χ3n) is 6.72.